The lowest BCUT2D eigenvalue weighted by molar-refractivity contribution is -0.135. The van der Waals surface area contributed by atoms with E-state index in [-0.39, 0.29) is 6.04 Å². The van der Waals surface area contributed by atoms with Crippen LogP contribution in [0.25, 0.3) is 0 Å². The van der Waals surface area contributed by atoms with Gasteiger partial charge in [0.2, 0.25) is 0 Å². The van der Waals surface area contributed by atoms with Crippen molar-refractivity contribution < 1.29 is 14.6 Å². The van der Waals surface area contributed by atoms with Gasteiger partial charge in [-0.2, -0.15) is 0 Å². The molecule has 1 saturated carbocycles. The molecule has 1 N–H and O–H groups in total. The van der Waals surface area contributed by atoms with Crippen LogP contribution in [0, 0.1) is 3.57 Å². The van der Waals surface area contributed by atoms with Gasteiger partial charge in [-0.15, -0.1) is 0 Å². The Morgan fingerprint density at radius 3 is 2.58 bits per heavy atom. The number of hydrogen-bond acceptors (Lipinski definition) is 2. The second kappa shape index (κ2) is 5.66. The maximum atomic E-state index is 11.7. The minimum atomic E-state index is -0.911. The number of amides is 1. The summed E-state index contributed by atoms with van der Waals surface area (Å²) in [6.45, 7) is 1.96. The molecule has 2 rings (SSSR count). The van der Waals surface area contributed by atoms with E-state index in [9.17, 15) is 9.90 Å². The topological polar surface area (TPSA) is 49.8 Å². The minimum absolute atomic E-state index is 0.0772. The maximum Gasteiger partial charge on any atom is 0.410 e. The fraction of sp³-hybridized carbons (Fsp3) is 0.500. The summed E-state index contributed by atoms with van der Waals surface area (Å²) in [6, 6.07) is 7.88. The molecule has 0 saturated heterocycles. The Hall–Kier alpha value is -0.820. The SMILES string of the molecule is CC[C@](OC)(c1ccccc1I)N(C(=O)O)C1CC1. The number of methoxy groups -OCH3 is 1. The van der Waals surface area contributed by atoms with E-state index in [0.717, 1.165) is 22.0 Å². The zero-order valence-electron chi connectivity index (χ0n) is 11.1. The molecule has 1 aromatic rings. The molecule has 1 atom stereocenters. The Morgan fingerprint density at radius 2 is 2.16 bits per heavy atom. The van der Waals surface area contributed by atoms with Crippen molar-refractivity contribution in [3.63, 3.8) is 0 Å². The van der Waals surface area contributed by atoms with Gasteiger partial charge in [-0.05, 0) is 47.9 Å². The molecule has 0 unspecified atom stereocenters. The highest BCUT2D eigenvalue weighted by molar-refractivity contribution is 14.1. The molecule has 1 aliphatic rings. The van der Waals surface area contributed by atoms with Crippen LogP contribution in [0.1, 0.15) is 31.7 Å². The number of benzene rings is 1. The molecule has 1 aliphatic carbocycles. The highest BCUT2D eigenvalue weighted by Crippen LogP contribution is 2.42. The lowest BCUT2D eigenvalue weighted by Crippen LogP contribution is -2.51. The summed E-state index contributed by atoms with van der Waals surface area (Å²) >= 11 is 2.23. The maximum absolute atomic E-state index is 11.7. The summed E-state index contributed by atoms with van der Waals surface area (Å²) in [6.07, 6.45) is 1.51. The number of nitrogens with zero attached hydrogens (tertiary/aromatic N) is 1. The fourth-order valence-electron chi connectivity index (χ4n) is 2.56. The fourth-order valence-corrected chi connectivity index (χ4v) is 3.37. The Kier molecular flexibility index (Phi) is 4.35. The first kappa shape index (κ1) is 14.6. The third-order valence-electron chi connectivity index (χ3n) is 3.62. The zero-order valence-corrected chi connectivity index (χ0v) is 13.3. The van der Waals surface area contributed by atoms with Gasteiger partial charge < -0.3 is 9.84 Å². The minimum Gasteiger partial charge on any atom is -0.465 e. The molecule has 0 heterocycles. The second-order valence-corrected chi connectivity index (χ2v) is 5.87. The first-order valence-corrected chi connectivity index (χ1v) is 7.47. The molecule has 0 bridgehead atoms. The summed E-state index contributed by atoms with van der Waals surface area (Å²) in [5.74, 6) is 0. The number of hydrogen-bond donors (Lipinski definition) is 1. The van der Waals surface area contributed by atoms with Gasteiger partial charge in [-0.1, -0.05) is 25.1 Å². The van der Waals surface area contributed by atoms with E-state index in [4.69, 9.17) is 4.74 Å². The van der Waals surface area contributed by atoms with Crippen LogP contribution in [0.2, 0.25) is 0 Å². The predicted octanol–water partition coefficient (Wildman–Crippen LogP) is 3.64. The normalized spacial score (nSPS) is 17.8. The van der Waals surface area contributed by atoms with E-state index in [0.29, 0.717) is 6.42 Å². The van der Waals surface area contributed by atoms with Crippen molar-refractivity contribution in [2.45, 2.75) is 38.0 Å². The van der Waals surface area contributed by atoms with Crippen LogP contribution < -0.4 is 0 Å². The van der Waals surface area contributed by atoms with Crippen LogP contribution >= 0.6 is 22.6 Å². The third kappa shape index (κ3) is 2.58. The number of rotatable bonds is 5. The van der Waals surface area contributed by atoms with Gasteiger partial charge in [0, 0.05) is 22.3 Å². The monoisotopic (exact) mass is 375 g/mol. The van der Waals surface area contributed by atoms with E-state index in [1.54, 1.807) is 7.11 Å². The van der Waals surface area contributed by atoms with Crippen LogP contribution in [-0.4, -0.2) is 29.3 Å². The molecule has 5 heteroatoms. The third-order valence-corrected chi connectivity index (χ3v) is 4.56. The highest BCUT2D eigenvalue weighted by Gasteiger charge is 2.48. The molecule has 1 aromatic carbocycles. The molecule has 0 aromatic heterocycles. The van der Waals surface area contributed by atoms with Gasteiger partial charge in [-0.25, -0.2) is 4.79 Å². The van der Waals surface area contributed by atoms with Crippen molar-refractivity contribution in [1.82, 2.24) is 4.90 Å². The van der Waals surface area contributed by atoms with Crippen LogP contribution in [0.4, 0.5) is 4.79 Å². The van der Waals surface area contributed by atoms with Gasteiger partial charge in [0.25, 0.3) is 0 Å². The van der Waals surface area contributed by atoms with Crippen molar-refractivity contribution >= 4 is 28.7 Å². The van der Waals surface area contributed by atoms with Crippen molar-refractivity contribution in [3.05, 3.63) is 33.4 Å². The van der Waals surface area contributed by atoms with Crippen molar-refractivity contribution in [2.75, 3.05) is 7.11 Å². The first-order chi connectivity index (χ1) is 9.06. The van der Waals surface area contributed by atoms with Gasteiger partial charge in [0.1, 0.15) is 0 Å². The summed E-state index contributed by atoms with van der Waals surface area (Å²) in [5, 5.41) is 9.58. The van der Waals surface area contributed by atoms with E-state index in [1.807, 2.05) is 31.2 Å². The Balaban J connectivity index is 2.53. The Labute approximate surface area is 126 Å². The Bertz CT molecular complexity index is 470. The quantitative estimate of drug-likeness (QED) is 0.632. The van der Waals surface area contributed by atoms with Gasteiger partial charge >= 0.3 is 6.09 Å². The molecule has 1 amide bonds. The standard InChI is InChI=1S/C14H18INO3/c1-3-14(19-2,11-6-4-5-7-12(11)15)16(13(17)18)10-8-9-10/h4-7,10H,3,8-9H2,1-2H3,(H,17,18)/t14-/m0/s1. The van der Waals surface area contributed by atoms with Crippen molar-refractivity contribution in [2.24, 2.45) is 0 Å². The zero-order chi connectivity index (χ0) is 14.0. The van der Waals surface area contributed by atoms with Crippen LogP contribution in [0.3, 0.4) is 0 Å². The van der Waals surface area contributed by atoms with E-state index >= 15 is 0 Å². The lowest BCUT2D eigenvalue weighted by atomic mass is 9.97. The van der Waals surface area contributed by atoms with Crippen LogP contribution in [-0.2, 0) is 10.5 Å². The number of ether oxygens (including phenoxy) is 1. The summed E-state index contributed by atoms with van der Waals surface area (Å²) < 4.78 is 6.74. The lowest BCUT2D eigenvalue weighted by Gasteiger charge is -2.41. The largest absolute Gasteiger partial charge is 0.465 e. The number of carboxylic acid groups (broad SMARTS) is 1. The summed E-state index contributed by atoms with van der Waals surface area (Å²) in [5.41, 5.74) is 0.0417. The number of carbonyl (C=O) groups is 1. The average Bonchev–Trinajstić information content (AvgIpc) is 3.20. The highest BCUT2D eigenvalue weighted by atomic mass is 127. The Morgan fingerprint density at radius 1 is 1.53 bits per heavy atom. The molecule has 4 nitrogen and oxygen atoms in total. The molecule has 1 fully saturated rings. The van der Waals surface area contributed by atoms with Gasteiger partial charge in [-0.3, -0.25) is 4.90 Å². The molecule has 0 spiro atoms. The number of halogens is 1. The molecule has 104 valence electrons. The molecule has 19 heavy (non-hydrogen) atoms. The predicted molar refractivity (Wildman–Crippen MR) is 81.0 cm³/mol. The van der Waals surface area contributed by atoms with E-state index < -0.39 is 11.8 Å². The van der Waals surface area contributed by atoms with Crippen molar-refractivity contribution in [3.8, 4) is 0 Å². The van der Waals surface area contributed by atoms with Crippen molar-refractivity contribution in [1.29, 1.82) is 0 Å². The van der Waals surface area contributed by atoms with E-state index in [1.165, 1.54) is 4.90 Å². The smallest absolute Gasteiger partial charge is 0.410 e. The molecular weight excluding hydrogens is 357 g/mol. The molecule has 0 radical (unpaired) electrons. The van der Waals surface area contributed by atoms with Crippen LogP contribution in [0.15, 0.2) is 24.3 Å². The second-order valence-electron chi connectivity index (χ2n) is 4.71. The van der Waals surface area contributed by atoms with Gasteiger partial charge in [0.05, 0.1) is 0 Å². The summed E-state index contributed by atoms with van der Waals surface area (Å²) in [4.78, 5) is 13.2. The van der Waals surface area contributed by atoms with E-state index in [2.05, 4.69) is 22.6 Å². The molecular formula is C14H18INO3. The van der Waals surface area contributed by atoms with Crippen LogP contribution in [0.5, 0.6) is 0 Å². The first-order valence-electron chi connectivity index (χ1n) is 6.39. The summed E-state index contributed by atoms with van der Waals surface area (Å²) in [7, 11) is 1.59. The van der Waals surface area contributed by atoms with Gasteiger partial charge in [0.15, 0.2) is 5.72 Å². The molecule has 0 aliphatic heterocycles. The average molecular weight is 375 g/mol.